The Kier molecular flexibility index (Phi) is 3.36. The molecule has 0 radical (unpaired) electrons. The van der Waals surface area contributed by atoms with E-state index < -0.39 is 21.9 Å². The molecule has 1 heterocycles. The predicted molar refractivity (Wildman–Crippen MR) is 69.4 cm³/mol. The molecule has 112 valence electrons. The zero-order valence-electron chi connectivity index (χ0n) is 11.4. The molecule has 0 N–H and O–H groups in total. The van der Waals surface area contributed by atoms with Crippen molar-refractivity contribution in [3.8, 4) is 0 Å². The molecule has 6 nitrogen and oxygen atoms in total. The second kappa shape index (κ2) is 4.80. The first-order valence-electron chi connectivity index (χ1n) is 7.16. The zero-order chi connectivity index (χ0) is 14.5. The van der Waals surface area contributed by atoms with E-state index in [2.05, 4.69) is 4.28 Å². The van der Waals surface area contributed by atoms with Crippen molar-refractivity contribution in [2.45, 2.75) is 38.5 Å². The quantitative estimate of drug-likeness (QED) is 0.713. The molecule has 0 aromatic rings. The van der Waals surface area contributed by atoms with Gasteiger partial charge >= 0.3 is 0 Å². The Hall–Kier alpha value is -0.950. The Labute approximate surface area is 118 Å². The first-order chi connectivity index (χ1) is 9.38. The molecule has 3 aliphatic rings. The summed E-state index contributed by atoms with van der Waals surface area (Å²) >= 11 is 0. The Morgan fingerprint density at radius 3 is 1.95 bits per heavy atom. The third kappa shape index (κ3) is 2.26. The number of amides is 2. The van der Waals surface area contributed by atoms with Crippen LogP contribution in [0.1, 0.15) is 38.5 Å². The van der Waals surface area contributed by atoms with Crippen molar-refractivity contribution in [1.29, 1.82) is 0 Å². The van der Waals surface area contributed by atoms with Crippen LogP contribution < -0.4 is 0 Å². The first kappa shape index (κ1) is 14.0. The number of imide groups is 1. The number of piperidine rings is 1. The van der Waals surface area contributed by atoms with Crippen LogP contribution in [-0.2, 0) is 24.0 Å². The van der Waals surface area contributed by atoms with Gasteiger partial charge in [-0.25, -0.2) is 0 Å². The standard InChI is InChI=1S/C13H19NO5S/c1-20(17,18)19-14-12(15)9-6-2-4-8-5-3-7-10(11(8)9)13(14)16/h8-11H,2-7H2,1H3. The van der Waals surface area contributed by atoms with Crippen molar-refractivity contribution in [1.82, 2.24) is 5.06 Å². The van der Waals surface area contributed by atoms with Crippen molar-refractivity contribution in [2.75, 3.05) is 6.26 Å². The molecular formula is C13H19NO5S. The van der Waals surface area contributed by atoms with E-state index in [1.165, 1.54) is 0 Å². The number of carbonyl (C=O) groups is 2. The minimum Gasteiger partial charge on any atom is -0.272 e. The van der Waals surface area contributed by atoms with Crippen LogP contribution in [0.4, 0.5) is 0 Å². The number of carbonyl (C=O) groups excluding carboxylic acids is 2. The summed E-state index contributed by atoms with van der Waals surface area (Å²) in [5.41, 5.74) is 0. The van der Waals surface area contributed by atoms with Crippen LogP contribution in [0, 0.1) is 23.7 Å². The lowest BCUT2D eigenvalue weighted by atomic mass is 9.59. The van der Waals surface area contributed by atoms with Gasteiger partial charge in [0.2, 0.25) is 0 Å². The molecule has 1 saturated heterocycles. The lowest BCUT2D eigenvalue weighted by molar-refractivity contribution is -0.194. The second-order valence-corrected chi connectivity index (χ2v) is 7.72. The van der Waals surface area contributed by atoms with Gasteiger partial charge in [0.15, 0.2) is 0 Å². The molecular weight excluding hydrogens is 282 g/mol. The zero-order valence-corrected chi connectivity index (χ0v) is 12.3. The van der Waals surface area contributed by atoms with Gasteiger partial charge in [0, 0.05) is 11.8 Å². The fourth-order valence-electron chi connectivity index (χ4n) is 4.25. The Balaban J connectivity index is 1.93. The van der Waals surface area contributed by atoms with Crippen molar-refractivity contribution in [3.63, 3.8) is 0 Å². The van der Waals surface area contributed by atoms with Crippen LogP contribution in [0.15, 0.2) is 0 Å². The minimum absolute atomic E-state index is 0.0944. The average molecular weight is 301 g/mol. The van der Waals surface area contributed by atoms with Crippen LogP contribution in [0.25, 0.3) is 0 Å². The average Bonchev–Trinajstić information content (AvgIpc) is 2.39. The highest BCUT2D eigenvalue weighted by atomic mass is 32.2. The van der Waals surface area contributed by atoms with Gasteiger partial charge < -0.3 is 0 Å². The third-order valence-corrected chi connectivity index (χ3v) is 5.32. The highest BCUT2D eigenvalue weighted by molar-refractivity contribution is 7.85. The van der Waals surface area contributed by atoms with Crippen LogP contribution in [0.5, 0.6) is 0 Å². The Morgan fingerprint density at radius 1 is 1.00 bits per heavy atom. The second-order valence-electron chi connectivity index (χ2n) is 6.16. The number of hydroxylamine groups is 2. The van der Waals surface area contributed by atoms with Crippen molar-refractivity contribution >= 4 is 21.9 Å². The number of rotatable bonds is 2. The third-order valence-electron chi connectivity index (χ3n) is 4.90. The van der Waals surface area contributed by atoms with Gasteiger partial charge in [0.25, 0.3) is 21.9 Å². The molecule has 2 unspecified atom stereocenters. The van der Waals surface area contributed by atoms with Gasteiger partial charge in [-0.1, -0.05) is 25.7 Å². The largest absolute Gasteiger partial charge is 0.285 e. The maximum atomic E-state index is 12.4. The highest BCUT2D eigenvalue weighted by Gasteiger charge is 2.54. The van der Waals surface area contributed by atoms with E-state index in [1.54, 1.807) is 0 Å². The summed E-state index contributed by atoms with van der Waals surface area (Å²) in [6.07, 6.45) is 6.39. The summed E-state index contributed by atoms with van der Waals surface area (Å²) < 4.78 is 27.2. The molecule has 2 amide bonds. The van der Waals surface area contributed by atoms with Gasteiger partial charge in [-0.3, -0.25) is 9.59 Å². The topological polar surface area (TPSA) is 80.8 Å². The molecule has 2 atom stereocenters. The van der Waals surface area contributed by atoms with E-state index in [4.69, 9.17) is 0 Å². The van der Waals surface area contributed by atoms with Gasteiger partial charge in [-0.15, -0.1) is 9.35 Å². The monoisotopic (exact) mass is 301 g/mol. The summed E-state index contributed by atoms with van der Waals surface area (Å²) in [7, 11) is -3.87. The van der Waals surface area contributed by atoms with E-state index >= 15 is 0 Å². The fraction of sp³-hybridized carbons (Fsp3) is 0.846. The molecule has 1 aliphatic heterocycles. The highest BCUT2D eigenvalue weighted by Crippen LogP contribution is 2.50. The predicted octanol–water partition coefficient (Wildman–Crippen LogP) is 1.08. The Bertz CT molecular complexity index is 513. The smallest absolute Gasteiger partial charge is 0.272 e. The molecule has 2 aliphatic carbocycles. The number of hydrogen-bond donors (Lipinski definition) is 0. The number of hydrogen-bond acceptors (Lipinski definition) is 5. The van der Waals surface area contributed by atoms with E-state index in [0.717, 1.165) is 44.8 Å². The normalized spacial score (nSPS) is 37.8. The summed E-state index contributed by atoms with van der Waals surface area (Å²) in [4.78, 5) is 24.8. The van der Waals surface area contributed by atoms with Crippen molar-refractivity contribution < 1.29 is 22.3 Å². The van der Waals surface area contributed by atoms with Crippen LogP contribution >= 0.6 is 0 Å². The van der Waals surface area contributed by atoms with E-state index in [9.17, 15) is 18.0 Å². The minimum atomic E-state index is -3.87. The van der Waals surface area contributed by atoms with E-state index in [-0.39, 0.29) is 17.8 Å². The molecule has 0 aromatic heterocycles. The summed E-state index contributed by atoms with van der Waals surface area (Å²) in [6.45, 7) is 0. The molecule has 0 spiro atoms. The fourth-order valence-corrected chi connectivity index (χ4v) is 4.66. The van der Waals surface area contributed by atoms with Gasteiger partial charge in [0.05, 0.1) is 6.26 Å². The molecule has 0 aromatic carbocycles. The Morgan fingerprint density at radius 2 is 1.50 bits per heavy atom. The van der Waals surface area contributed by atoms with Crippen LogP contribution in [-0.4, -0.2) is 31.6 Å². The maximum absolute atomic E-state index is 12.4. The van der Waals surface area contributed by atoms with Crippen molar-refractivity contribution in [2.24, 2.45) is 23.7 Å². The first-order valence-corrected chi connectivity index (χ1v) is 8.97. The lowest BCUT2D eigenvalue weighted by Crippen LogP contribution is -2.58. The lowest BCUT2D eigenvalue weighted by Gasteiger charge is -2.49. The maximum Gasteiger partial charge on any atom is 0.285 e. The molecule has 3 rings (SSSR count). The molecule has 0 bridgehead atoms. The van der Waals surface area contributed by atoms with Gasteiger partial charge in [-0.2, -0.15) is 8.42 Å². The number of nitrogens with zero attached hydrogens (tertiary/aromatic N) is 1. The SMILES string of the molecule is CS(=O)(=O)ON1C(=O)C2CCCC3CCCC(C1=O)C32. The molecule has 7 heteroatoms. The summed E-state index contributed by atoms with van der Waals surface area (Å²) in [5.74, 6) is -0.906. The summed E-state index contributed by atoms with van der Waals surface area (Å²) in [5, 5.41) is 0.523. The van der Waals surface area contributed by atoms with Crippen molar-refractivity contribution in [3.05, 3.63) is 0 Å². The van der Waals surface area contributed by atoms with Gasteiger partial charge in [-0.05, 0) is 24.7 Å². The molecule has 2 saturated carbocycles. The van der Waals surface area contributed by atoms with E-state index in [0.29, 0.717) is 11.0 Å². The molecule has 3 fully saturated rings. The van der Waals surface area contributed by atoms with Crippen LogP contribution in [0.2, 0.25) is 0 Å². The summed E-state index contributed by atoms with van der Waals surface area (Å²) in [6, 6.07) is 0. The van der Waals surface area contributed by atoms with Crippen LogP contribution in [0.3, 0.4) is 0 Å². The molecule has 20 heavy (non-hydrogen) atoms. The van der Waals surface area contributed by atoms with Gasteiger partial charge in [0.1, 0.15) is 0 Å². The van der Waals surface area contributed by atoms with E-state index in [1.807, 2.05) is 0 Å².